The number of nitrogens with one attached hydrogen (secondary N) is 1. The Hall–Kier alpha value is -1.51. The van der Waals surface area contributed by atoms with E-state index in [0.29, 0.717) is 9.60 Å². The van der Waals surface area contributed by atoms with Crippen LogP contribution in [0.3, 0.4) is 0 Å². The van der Waals surface area contributed by atoms with Gasteiger partial charge in [-0.1, -0.05) is 6.07 Å². The van der Waals surface area contributed by atoms with Crippen LogP contribution in [0.4, 0.5) is 15.2 Å². The van der Waals surface area contributed by atoms with E-state index in [1.165, 1.54) is 11.4 Å². The van der Waals surface area contributed by atoms with Crippen LogP contribution in [-0.2, 0) is 4.79 Å². The van der Waals surface area contributed by atoms with Gasteiger partial charge in [-0.2, -0.15) is 0 Å². The normalized spacial score (nSPS) is 12.2. The molecule has 1 atom stereocenters. The van der Waals surface area contributed by atoms with Crippen molar-refractivity contribution in [3.63, 3.8) is 0 Å². The topological polar surface area (TPSA) is 88.2 Å². The van der Waals surface area contributed by atoms with Crippen molar-refractivity contribution < 1.29 is 14.3 Å². The van der Waals surface area contributed by atoms with Crippen LogP contribution in [0, 0.1) is 5.82 Å². The number of hydrogen-bond acceptors (Lipinski definition) is 5. The highest BCUT2D eigenvalue weighted by atomic mass is 79.9. The average molecular weight is 346 g/mol. The lowest BCUT2D eigenvalue weighted by Gasteiger charge is -2.06. The summed E-state index contributed by atoms with van der Waals surface area (Å²) in [6.07, 6.45) is 0. The van der Waals surface area contributed by atoms with Crippen LogP contribution in [-0.4, -0.2) is 16.1 Å². The molecule has 0 radical (unpaired) electrons. The number of carbonyl (C=O) groups is 1. The minimum Gasteiger partial charge on any atom is -0.480 e. The number of hydrogen-bond donors (Lipinski definition) is 3. The van der Waals surface area contributed by atoms with E-state index in [1.54, 1.807) is 12.1 Å². The second-order valence-electron chi connectivity index (χ2n) is 3.62. The molecule has 100 valence electrons. The molecule has 0 aliphatic heterocycles. The number of aromatic nitrogens is 1. The van der Waals surface area contributed by atoms with E-state index in [4.69, 9.17) is 10.8 Å². The number of carboxylic acids is 1. The summed E-state index contributed by atoms with van der Waals surface area (Å²) in [5.41, 5.74) is 5.91. The predicted molar refractivity (Wildman–Crippen MR) is 74.1 cm³/mol. The molecule has 2 rings (SSSR count). The molecule has 19 heavy (non-hydrogen) atoms. The maximum Gasteiger partial charge on any atom is 0.326 e. The Morgan fingerprint density at radius 3 is 2.95 bits per heavy atom. The molecule has 2 aromatic rings. The summed E-state index contributed by atoms with van der Waals surface area (Å²) in [5, 5.41) is 13.5. The van der Waals surface area contributed by atoms with Crippen molar-refractivity contribution >= 4 is 44.1 Å². The zero-order valence-corrected chi connectivity index (χ0v) is 11.8. The van der Waals surface area contributed by atoms with Gasteiger partial charge in [0.1, 0.15) is 11.9 Å². The first kappa shape index (κ1) is 13.9. The first-order valence-corrected chi connectivity index (χ1v) is 6.81. The maximum atomic E-state index is 13.6. The Bertz CT molecular complexity index is 599. The zero-order chi connectivity index (χ0) is 14.0. The van der Waals surface area contributed by atoms with Crippen LogP contribution in [0.5, 0.6) is 0 Å². The van der Waals surface area contributed by atoms with E-state index < -0.39 is 17.8 Å². The highest BCUT2D eigenvalue weighted by Crippen LogP contribution is 2.30. The Labute approximate surface area is 120 Å². The molecule has 1 heterocycles. The van der Waals surface area contributed by atoms with Gasteiger partial charge < -0.3 is 16.2 Å². The van der Waals surface area contributed by atoms with Crippen molar-refractivity contribution in [2.45, 2.75) is 6.04 Å². The fraction of sp³-hybridized carbons (Fsp3) is 0.0909. The third kappa shape index (κ3) is 3.09. The minimum atomic E-state index is -1.18. The minimum absolute atomic E-state index is 0.229. The van der Waals surface area contributed by atoms with Crippen molar-refractivity contribution in [2.24, 2.45) is 5.73 Å². The largest absolute Gasteiger partial charge is 0.480 e. The van der Waals surface area contributed by atoms with Crippen molar-refractivity contribution in [1.29, 1.82) is 0 Å². The van der Waals surface area contributed by atoms with Crippen molar-refractivity contribution in [3.05, 3.63) is 39.6 Å². The molecule has 0 bridgehead atoms. The van der Waals surface area contributed by atoms with Gasteiger partial charge in [-0.05, 0) is 28.1 Å². The van der Waals surface area contributed by atoms with Crippen molar-refractivity contribution in [3.8, 4) is 0 Å². The second-order valence-corrected chi connectivity index (χ2v) is 5.33. The summed E-state index contributed by atoms with van der Waals surface area (Å²) >= 11 is 4.37. The van der Waals surface area contributed by atoms with Gasteiger partial charge >= 0.3 is 5.97 Å². The first-order chi connectivity index (χ1) is 8.99. The maximum absolute atomic E-state index is 13.6. The van der Waals surface area contributed by atoms with Gasteiger partial charge in [-0.25, -0.2) is 9.37 Å². The van der Waals surface area contributed by atoms with E-state index in [1.807, 2.05) is 0 Å². The van der Waals surface area contributed by atoms with Gasteiger partial charge in [0.25, 0.3) is 0 Å². The summed E-state index contributed by atoms with van der Waals surface area (Å²) in [5.74, 6) is -1.60. The smallest absolute Gasteiger partial charge is 0.326 e. The molecule has 0 aliphatic rings. The molecule has 0 fully saturated rings. The number of para-hydroxylation sites is 1. The number of carboxylic acid groups (broad SMARTS) is 1. The summed E-state index contributed by atoms with van der Waals surface area (Å²) in [6, 6.07) is 3.38. The summed E-state index contributed by atoms with van der Waals surface area (Å²) in [6.45, 7) is 0. The number of halogens is 2. The third-order valence-corrected chi connectivity index (χ3v) is 3.74. The standard InChI is InChI=1S/C11H9BrFN3O2S/c12-5-2-1-3-6(13)9(5)16-11-15-7(4-19-11)8(14)10(17)18/h1-4,8H,14H2,(H,15,16)(H,17,18). The number of nitrogens with two attached hydrogens (primary N) is 1. The molecule has 1 aromatic heterocycles. The lowest BCUT2D eigenvalue weighted by Crippen LogP contribution is -2.20. The Kier molecular flexibility index (Phi) is 4.13. The van der Waals surface area contributed by atoms with Crippen LogP contribution >= 0.6 is 27.3 Å². The summed E-state index contributed by atoms with van der Waals surface area (Å²) in [7, 11) is 0. The van der Waals surface area contributed by atoms with Crippen LogP contribution in [0.25, 0.3) is 0 Å². The van der Waals surface area contributed by atoms with Gasteiger partial charge in [-0.15, -0.1) is 11.3 Å². The molecule has 4 N–H and O–H groups in total. The lowest BCUT2D eigenvalue weighted by atomic mass is 10.2. The highest BCUT2D eigenvalue weighted by Gasteiger charge is 2.18. The van der Waals surface area contributed by atoms with Gasteiger partial charge in [0, 0.05) is 9.85 Å². The van der Waals surface area contributed by atoms with E-state index in [-0.39, 0.29) is 11.4 Å². The molecule has 0 amide bonds. The van der Waals surface area contributed by atoms with Crippen molar-refractivity contribution in [2.75, 3.05) is 5.32 Å². The van der Waals surface area contributed by atoms with E-state index in [2.05, 4.69) is 26.2 Å². The van der Waals surface area contributed by atoms with Crippen molar-refractivity contribution in [1.82, 2.24) is 4.98 Å². The van der Waals surface area contributed by atoms with Gasteiger partial charge in [0.05, 0.1) is 11.4 Å². The number of aliphatic carboxylic acids is 1. The lowest BCUT2D eigenvalue weighted by molar-refractivity contribution is -0.138. The predicted octanol–water partition coefficient (Wildman–Crippen LogP) is 2.87. The summed E-state index contributed by atoms with van der Waals surface area (Å²) in [4.78, 5) is 14.8. The first-order valence-electron chi connectivity index (χ1n) is 5.14. The fourth-order valence-electron chi connectivity index (χ4n) is 1.34. The zero-order valence-electron chi connectivity index (χ0n) is 9.43. The molecule has 0 aliphatic carbocycles. The Balaban J connectivity index is 2.23. The second kappa shape index (κ2) is 5.64. The summed E-state index contributed by atoms with van der Waals surface area (Å²) < 4.78 is 14.1. The van der Waals surface area contributed by atoms with E-state index in [9.17, 15) is 9.18 Å². The number of nitrogens with zero attached hydrogens (tertiary/aromatic N) is 1. The number of anilines is 2. The van der Waals surface area contributed by atoms with Crippen LogP contribution in [0.2, 0.25) is 0 Å². The highest BCUT2D eigenvalue weighted by molar-refractivity contribution is 9.10. The Morgan fingerprint density at radius 1 is 1.58 bits per heavy atom. The molecule has 0 saturated heterocycles. The number of rotatable bonds is 4. The molecular weight excluding hydrogens is 337 g/mol. The average Bonchev–Trinajstić information content (AvgIpc) is 2.81. The van der Waals surface area contributed by atoms with Crippen LogP contribution in [0.15, 0.2) is 28.1 Å². The molecule has 8 heteroatoms. The van der Waals surface area contributed by atoms with E-state index in [0.717, 1.165) is 11.3 Å². The number of benzene rings is 1. The van der Waals surface area contributed by atoms with Crippen LogP contribution < -0.4 is 11.1 Å². The monoisotopic (exact) mass is 345 g/mol. The fourth-order valence-corrected chi connectivity index (χ4v) is 2.53. The third-order valence-electron chi connectivity index (χ3n) is 2.30. The van der Waals surface area contributed by atoms with Gasteiger partial charge in [0.2, 0.25) is 0 Å². The molecule has 1 unspecified atom stereocenters. The van der Waals surface area contributed by atoms with Gasteiger partial charge in [0.15, 0.2) is 5.13 Å². The van der Waals surface area contributed by atoms with Gasteiger partial charge in [-0.3, -0.25) is 4.79 Å². The molecule has 0 saturated carbocycles. The quantitative estimate of drug-likeness (QED) is 0.792. The Morgan fingerprint density at radius 2 is 2.32 bits per heavy atom. The molecule has 1 aromatic carbocycles. The molecule has 5 nitrogen and oxygen atoms in total. The van der Waals surface area contributed by atoms with Crippen LogP contribution in [0.1, 0.15) is 11.7 Å². The molecular formula is C11H9BrFN3O2S. The van der Waals surface area contributed by atoms with E-state index >= 15 is 0 Å². The number of thiazole rings is 1. The molecule has 0 spiro atoms. The SMILES string of the molecule is NC(C(=O)O)c1csc(Nc2c(F)cccc2Br)n1.